The van der Waals surface area contributed by atoms with Crippen molar-refractivity contribution in [2.75, 3.05) is 11.2 Å². The molecule has 0 radical (unpaired) electrons. The monoisotopic (exact) mass is 472 g/mol. The maximum atomic E-state index is 13.4. The highest BCUT2D eigenvalue weighted by Gasteiger charge is 2.24. The minimum Gasteiger partial charge on any atom is -0.324 e. The van der Waals surface area contributed by atoms with Crippen LogP contribution in [-0.4, -0.2) is 29.6 Å². The topological polar surface area (TPSA) is 79.0 Å². The highest BCUT2D eigenvalue weighted by molar-refractivity contribution is 7.90. The van der Waals surface area contributed by atoms with E-state index >= 15 is 0 Å². The van der Waals surface area contributed by atoms with Crippen molar-refractivity contribution < 1.29 is 12.8 Å². The van der Waals surface area contributed by atoms with Crippen LogP contribution in [0.4, 0.5) is 10.3 Å². The zero-order valence-electron chi connectivity index (χ0n) is 18.3. The number of benzene rings is 2. The minimum absolute atomic E-state index is 0.228. The predicted octanol–water partition coefficient (Wildman–Crippen LogP) is 5.17. The fourth-order valence-electron chi connectivity index (χ4n) is 3.87. The Morgan fingerprint density at radius 1 is 0.941 bits per heavy atom. The largest absolute Gasteiger partial charge is 0.324 e. The second-order valence-corrected chi connectivity index (χ2v) is 10.0. The lowest BCUT2D eigenvalue weighted by atomic mass is 9.98. The summed E-state index contributed by atoms with van der Waals surface area (Å²) in [6, 6.07) is 16.7. The van der Waals surface area contributed by atoms with Gasteiger partial charge in [-0.1, -0.05) is 36.4 Å². The van der Waals surface area contributed by atoms with Crippen molar-refractivity contribution >= 4 is 21.4 Å². The molecular formula is C26H21FN4O2S. The molecule has 0 aliphatic carbocycles. The van der Waals surface area contributed by atoms with E-state index in [2.05, 4.69) is 15.0 Å². The van der Waals surface area contributed by atoms with Crippen molar-refractivity contribution in [3.8, 4) is 11.3 Å². The highest BCUT2D eigenvalue weighted by atomic mass is 32.2. The van der Waals surface area contributed by atoms with Crippen molar-refractivity contribution in [1.29, 1.82) is 0 Å². The third-order valence-corrected chi connectivity index (χ3v) is 6.79. The van der Waals surface area contributed by atoms with Crippen LogP contribution in [-0.2, 0) is 9.84 Å². The molecule has 6 nitrogen and oxygen atoms in total. The Hall–Kier alpha value is -4.04. The van der Waals surface area contributed by atoms with Crippen molar-refractivity contribution in [3.63, 3.8) is 0 Å². The quantitative estimate of drug-likeness (QED) is 0.433. The Morgan fingerprint density at radius 2 is 1.65 bits per heavy atom. The standard InChI is InChI=1S/C26H21FN4O2S/c1-34(32,33)23-9-4-20(5-10-23)25-11-6-21(18-2-7-22(27)8-3-18)17-31(25)26-29-16-24(30-26)19-12-14-28-15-13-19/h2-17,25H,1H3,(H,29,30). The lowest BCUT2D eigenvalue weighted by molar-refractivity contribution is 0.602. The summed E-state index contributed by atoms with van der Waals surface area (Å²) < 4.78 is 37.2. The number of imidazole rings is 1. The van der Waals surface area contributed by atoms with Gasteiger partial charge in [-0.25, -0.2) is 17.8 Å². The lowest BCUT2D eigenvalue weighted by Crippen LogP contribution is -2.25. The first kappa shape index (κ1) is 21.8. The zero-order valence-corrected chi connectivity index (χ0v) is 19.1. The third kappa shape index (κ3) is 4.40. The average molecular weight is 473 g/mol. The van der Waals surface area contributed by atoms with Crippen LogP contribution in [0.5, 0.6) is 0 Å². The number of rotatable bonds is 5. The molecule has 1 unspecified atom stereocenters. The fourth-order valence-corrected chi connectivity index (χ4v) is 4.50. The van der Waals surface area contributed by atoms with Gasteiger partial charge in [-0.05, 0) is 53.1 Å². The van der Waals surface area contributed by atoms with Gasteiger partial charge in [0.1, 0.15) is 5.82 Å². The second-order valence-electron chi connectivity index (χ2n) is 8.00. The fraction of sp³-hybridized carbons (Fsp3) is 0.0769. The number of nitrogens with one attached hydrogen (secondary N) is 1. The van der Waals surface area contributed by atoms with E-state index in [0.717, 1.165) is 28.0 Å². The molecule has 34 heavy (non-hydrogen) atoms. The molecule has 5 rings (SSSR count). The lowest BCUT2D eigenvalue weighted by Gasteiger charge is -2.30. The number of allylic oxidation sites excluding steroid dienone is 2. The molecule has 0 spiro atoms. The molecule has 2 aromatic heterocycles. The van der Waals surface area contributed by atoms with Gasteiger partial charge in [-0.2, -0.15) is 0 Å². The van der Waals surface area contributed by atoms with Crippen LogP contribution in [0, 0.1) is 5.82 Å². The first-order chi connectivity index (χ1) is 16.4. The summed E-state index contributed by atoms with van der Waals surface area (Å²) in [5.41, 5.74) is 4.47. The van der Waals surface area contributed by atoms with Crippen molar-refractivity contribution in [3.05, 3.63) is 115 Å². The number of anilines is 1. The normalized spacial score (nSPS) is 15.9. The van der Waals surface area contributed by atoms with E-state index in [1.807, 2.05) is 47.5 Å². The number of nitrogens with zero attached hydrogens (tertiary/aromatic N) is 3. The van der Waals surface area contributed by atoms with Crippen LogP contribution >= 0.6 is 0 Å². The number of H-pyrrole nitrogens is 1. The van der Waals surface area contributed by atoms with Gasteiger partial charge in [0.15, 0.2) is 9.84 Å². The maximum absolute atomic E-state index is 13.4. The molecule has 1 atom stereocenters. The summed E-state index contributed by atoms with van der Waals surface area (Å²) >= 11 is 0. The van der Waals surface area contributed by atoms with Gasteiger partial charge >= 0.3 is 0 Å². The zero-order chi connectivity index (χ0) is 23.7. The summed E-state index contributed by atoms with van der Waals surface area (Å²) in [6.07, 6.45) is 12.3. The Kier molecular flexibility index (Phi) is 5.59. The number of aromatic nitrogens is 3. The van der Waals surface area contributed by atoms with Crippen LogP contribution in [0.25, 0.3) is 16.8 Å². The molecule has 0 bridgehead atoms. The molecule has 0 saturated carbocycles. The number of sulfone groups is 1. The smallest absolute Gasteiger partial charge is 0.208 e. The minimum atomic E-state index is -3.29. The average Bonchev–Trinajstić information content (AvgIpc) is 3.35. The van der Waals surface area contributed by atoms with E-state index in [1.165, 1.54) is 18.4 Å². The van der Waals surface area contributed by atoms with Crippen LogP contribution < -0.4 is 4.90 Å². The van der Waals surface area contributed by atoms with Crippen LogP contribution in [0.1, 0.15) is 17.2 Å². The number of hydrogen-bond donors (Lipinski definition) is 1. The molecule has 3 heterocycles. The summed E-state index contributed by atoms with van der Waals surface area (Å²) in [7, 11) is -3.29. The first-order valence-corrected chi connectivity index (χ1v) is 12.5. The SMILES string of the molecule is CS(=O)(=O)c1ccc(C2C=CC(c3ccc(F)cc3)=CN2c2ncc(-c3ccncc3)[nH]2)cc1. The van der Waals surface area contributed by atoms with Gasteiger partial charge < -0.3 is 9.88 Å². The van der Waals surface area contributed by atoms with Gasteiger partial charge in [-0.3, -0.25) is 4.98 Å². The van der Waals surface area contributed by atoms with E-state index in [4.69, 9.17) is 0 Å². The van der Waals surface area contributed by atoms with E-state index in [9.17, 15) is 12.8 Å². The molecule has 170 valence electrons. The van der Waals surface area contributed by atoms with Crippen LogP contribution in [0.3, 0.4) is 0 Å². The van der Waals surface area contributed by atoms with Gasteiger partial charge in [0.05, 0.1) is 22.8 Å². The molecule has 0 fully saturated rings. The van der Waals surface area contributed by atoms with Crippen molar-refractivity contribution in [2.45, 2.75) is 10.9 Å². The molecular weight excluding hydrogens is 451 g/mol. The van der Waals surface area contributed by atoms with Gasteiger partial charge in [0.25, 0.3) is 0 Å². The van der Waals surface area contributed by atoms with Crippen LogP contribution in [0.15, 0.2) is 103 Å². The predicted molar refractivity (Wildman–Crippen MR) is 130 cm³/mol. The Morgan fingerprint density at radius 3 is 2.32 bits per heavy atom. The summed E-state index contributed by atoms with van der Waals surface area (Å²) in [5.74, 6) is 0.325. The molecule has 0 amide bonds. The molecule has 1 N–H and O–H groups in total. The van der Waals surface area contributed by atoms with Gasteiger partial charge in [0.2, 0.25) is 5.95 Å². The molecule has 2 aromatic carbocycles. The molecule has 0 saturated heterocycles. The van der Waals surface area contributed by atoms with Crippen LogP contribution in [0.2, 0.25) is 0 Å². The van der Waals surface area contributed by atoms with Gasteiger partial charge in [-0.15, -0.1) is 0 Å². The maximum Gasteiger partial charge on any atom is 0.208 e. The van der Waals surface area contributed by atoms with E-state index in [-0.39, 0.29) is 16.8 Å². The highest BCUT2D eigenvalue weighted by Crippen LogP contribution is 2.35. The number of halogens is 1. The third-order valence-electron chi connectivity index (χ3n) is 5.66. The molecule has 1 aliphatic rings. The summed E-state index contributed by atoms with van der Waals surface area (Å²) in [4.78, 5) is 14.3. The second kappa shape index (κ2) is 8.72. The Balaban J connectivity index is 1.55. The Labute approximate surface area is 197 Å². The van der Waals surface area contributed by atoms with E-state index < -0.39 is 9.84 Å². The molecule has 4 aromatic rings. The number of pyridine rings is 1. The van der Waals surface area contributed by atoms with E-state index in [0.29, 0.717) is 5.95 Å². The van der Waals surface area contributed by atoms with Crippen molar-refractivity contribution in [2.24, 2.45) is 0 Å². The molecule has 8 heteroatoms. The Bertz CT molecular complexity index is 1480. The van der Waals surface area contributed by atoms with Crippen molar-refractivity contribution in [1.82, 2.24) is 15.0 Å². The number of hydrogen-bond acceptors (Lipinski definition) is 5. The first-order valence-electron chi connectivity index (χ1n) is 10.6. The summed E-state index contributed by atoms with van der Waals surface area (Å²) in [6.45, 7) is 0. The van der Waals surface area contributed by atoms with E-state index in [1.54, 1.807) is 42.9 Å². The van der Waals surface area contributed by atoms with Gasteiger partial charge in [0, 0.05) is 30.4 Å². The molecule has 1 aliphatic heterocycles. The summed E-state index contributed by atoms with van der Waals surface area (Å²) in [5, 5.41) is 0. The number of aromatic amines is 1.